The van der Waals surface area contributed by atoms with Crippen LogP contribution in [0.15, 0.2) is 48.5 Å². The normalized spacial score (nSPS) is 13.9. The fourth-order valence-electron chi connectivity index (χ4n) is 3.98. The van der Waals surface area contributed by atoms with Crippen molar-refractivity contribution in [2.24, 2.45) is 0 Å². The number of carboxylic acids is 1. The van der Waals surface area contributed by atoms with E-state index in [1.165, 1.54) is 6.07 Å². The Bertz CT molecular complexity index is 1320. The maximum Gasteiger partial charge on any atom is 1.00 e. The molecule has 0 saturated heterocycles. The van der Waals surface area contributed by atoms with Crippen LogP contribution in [0.5, 0.6) is 23.0 Å². The average Bonchev–Trinajstić information content (AvgIpc) is 2.87. The largest absolute Gasteiger partial charge is 1.00 e. The summed E-state index contributed by atoms with van der Waals surface area (Å²) in [6.07, 6.45) is 0.827. The number of aliphatic carboxylic acids is 1. The Morgan fingerprint density at radius 3 is 2.42 bits per heavy atom. The Labute approximate surface area is 257 Å². The molecular formula is C27H23Cl3NNaO6. The van der Waals surface area contributed by atoms with Crippen LogP contribution in [0.1, 0.15) is 40.7 Å². The monoisotopic (exact) mass is 585 g/mol. The van der Waals surface area contributed by atoms with E-state index in [1.54, 1.807) is 42.5 Å². The van der Waals surface area contributed by atoms with Gasteiger partial charge in [0.25, 0.3) is 5.91 Å². The summed E-state index contributed by atoms with van der Waals surface area (Å²) in [6.45, 7) is 2.98. The van der Waals surface area contributed by atoms with Crippen LogP contribution < -0.4 is 54.2 Å². The second-order valence-corrected chi connectivity index (χ2v) is 9.49. The van der Waals surface area contributed by atoms with Crippen molar-refractivity contribution in [3.05, 3.63) is 80.3 Å². The number of halogens is 3. The summed E-state index contributed by atoms with van der Waals surface area (Å²) < 4.78 is 17.1. The standard InChI is InChI=1S/C27H24Cl3NO6.Na/c1-2-35-23-13-21(29)20(28)11-16(23)7-9-31-26(32)15-3-5-17(6-4-15)37-25-14-24-19(12-22(25)30)18(27(33)34)8-10-36-24;/h3-6,11-14,18H,2,7-10H2,1H3,(H,31,32)(H,33,34);/q;+1/p-1. The van der Waals surface area contributed by atoms with E-state index in [2.05, 4.69) is 5.32 Å². The van der Waals surface area contributed by atoms with Crippen molar-refractivity contribution in [2.75, 3.05) is 19.8 Å². The number of benzene rings is 3. The number of fused-ring (bicyclic) bond motifs is 1. The van der Waals surface area contributed by atoms with Gasteiger partial charge in [-0.25, -0.2) is 0 Å². The van der Waals surface area contributed by atoms with Crippen LogP contribution in [-0.4, -0.2) is 31.6 Å². The molecule has 7 nitrogen and oxygen atoms in total. The molecule has 0 spiro atoms. The van der Waals surface area contributed by atoms with Gasteiger partial charge in [0.15, 0.2) is 0 Å². The Morgan fingerprint density at radius 2 is 1.74 bits per heavy atom. The molecule has 0 radical (unpaired) electrons. The SMILES string of the molecule is CCOc1cc(Cl)c(Cl)cc1CCNC(=O)c1ccc(Oc2cc3c(cc2Cl)C(C(=O)[O-])CCO3)cc1.[Na+]. The quantitative estimate of drug-likeness (QED) is 0.387. The zero-order chi connectivity index (χ0) is 26.5. The third-order valence-corrected chi connectivity index (χ3v) is 6.83. The molecule has 1 heterocycles. The summed E-state index contributed by atoms with van der Waals surface area (Å²) in [5.74, 6) is -0.422. The molecule has 11 heteroatoms. The van der Waals surface area contributed by atoms with Gasteiger partial charge in [-0.1, -0.05) is 34.8 Å². The van der Waals surface area contributed by atoms with Gasteiger partial charge in [-0.2, -0.15) is 0 Å². The summed E-state index contributed by atoms with van der Waals surface area (Å²) >= 11 is 18.5. The summed E-state index contributed by atoms with van der Waals surface area (Å²) in [7, 11) is 0. The minimum atomic E-state index is -1.17. The molecule has 0 aliphatic carbocycles. The van der Waals surface area contributed by atoms with Crippen molar-refractivity contribution in [3.8, 4) is 23.0 Å². The molecule has 0 bridgehead atoms. The maximum absolute atomic E-state index is 12.6. The molecule has 0 aromatic heterocycles. The molecule has 1 amide bonds. The van der Waals surface area contributed by atoms with Gasteiger partial charge in [0.2, 0.25) is 0 Å². The first-order valence-electron chi connectivity index (χ1n) is 11.6. The number of carboxylic acid groups (broad SMARTS) is 1. The molecule has 4 rings (SSSR count). The second-order valence-electron chi connectivity index (χ2n) is 8.27. The van der Waals surface area contributed by atoms with E-state index < -0.39 is 11.9 Å². The first-order valence-corrected chi connectivity index (χ1v) is 12.7. The average molecular weight is 587 g/mol. The van der Waals surface area contributed by atoms with E-state index in [-0.39, 0.29) is 47.1 Å². The van der Waals surface area contributed by atoms with Crippen LogP contribution in [0, 0.1) is 0 Å². The maximum atomic E-state index is 12.6. The van der Waals surface area contributed by atoms with Gasteiger partial charge in [0, 0.05) is 41.7 Å². The molecule has 194 valence electrons. The molecular weight excluding hydrogens is 564 g/mol. The van der Waals surface area contributed by atoms with Crippen LogP contribution in [-0.2, 0) is 11.2 Å². The van der Waals surface area contributed by atoms with Crippen LogP contribution in [0.2, 0.25) is 15.1 Å². The second kappa shape index (κ2) is 13.8. The Balaban J connectivity index is 0.00000400. The predicted molar refractivity (Wildman–Crippen MR) is 139 cm³/mol. The van der Waals surface area contributed by atoms with Crippen molar-refractivity contribution in [3.63, 3.8) is 0 Å². The summed E-state index contributed by atoms with van der Waals surface area (Å²) in [6, 6.07) is 13.0. The number of hydrogen-bond donors (Lipinski definition) is 1. The molecule has 0 saturated carbocycles. The number of carbonyl (C=O) groups is 2. The fourth-order valence-corrected chi connectivity index (χ4v) is 4.53. The van der Waals surface area contributed by atoms with E-state index in [9.17, 15) is 14.7 Å². The molecule has 1 aliphatic rings. The zero-order valence-electron chi connectivity index (χ0n) is 20.8. The van der Waals surface area contributed by atoms with E-state index in [0.717, 1.165) is 5.56 Å². The van der Waals surface area contributed by atoms with E-state index in [0.29, 0.717) is 70.2 Å². The number of amides is 1. The third kappa shape index (κ3) is 7.29. The van der Waals surface area contributed by atoms with Crippen molar-refractivity contribution in [2.45, 2.75) is 25.7 Å². The molecule has 1 unspecified atom stereocenters. The Kier molecular flexibility index (Phi) is 11.0. The van der Waals surface area contributed by atoms with Crippen molar-refractivity contribution in [1.82, 2.24) is 5.32 Å². The van der Waals surface area contributed by atoms with Crippen LogP contribution in [0.4, 0.5) is 0 Å². The number of carbonyl (C=O) groups excluding carboxylic acids is 2. The Hall–Kier alpha value is -2.13. The molecule has 1 aliphatic heterocycles. The summed E-state index contributed by atoms with van der Waals surface area (Å²) in [4.78, 5) is 24.0. The van der Waals surface area contributed by atoms with E-state index in [1.807, 2.05) is 6.92 Å². The van der Waals surface area contributed by atoms with Crippen molar-refractivity contribution in [1.29, 1.82) is 0 Å². The minimum Gasteiger partial charge on any atom is -0.549 e. The van der Waals surface area contributed by atoms with Crippen molar-refractivity contribution >= 4 is 46.7 Å². The number of rotatable bonds is 9. The van der Waals surface area contributed by atoms with Gasteiger partial charge in [-0.05, 0) is 61.7 Å². The number of ether oxygens (including phenoxy) is 3. The first-order chi connectivity index (χ1) is 17.8. The third-order valence-electron chi connectivity index (χ3n) is 5.82. The van der Waals surface area contributed by atoms with Crippen LogP contribution in [0.25, 0.3) is 0 Å². The first kappa shape index (κ1) is 30.4. The van der Waals surface area contributed by atoms with Crippen LogP contribution in [0.3, 0.4) is 0 Å². The van der Waals surface area contributed by atoms with E-state index >= 15 is 0 Å². The summed E-state index contributed by atoms with van der Waals surface area (Å²) in [5.41, 5.74) is 1.75. The molecule has 38 heavy (non-hydrogen) atoms. The van der Waals surface area contributed by atoms with Gasteiger partial charge in [0.1, 0.15) is 23.0 Å². The van der Waals surface area contributed by atoms with E-state index in [4.69, 9.17) is 49.0 Å². The number of hydrogen-bond acceptors (Lipinski definition) is 6. The Morgan fingerprint density at radius 1 is 1.03 bits per heavy atom. The smallest absolute Gasteiger partial charge is 0.549 e. The van der Waals surface area contributed by atoms with Gasteiger partial charge in [-0.3, -0.25) is 4.79 Å². The topological polar surface area (TPSA) is 96.9 Å². The van der Waals surface area contributed by atoms with Gasteiger partial charge in [0.05, 0.1) is 28.3 Å². The molecule has 3 aromatic rings. The van der Waals surface area contributed by atoms with Gasteiger partial charge < -0.3 is 29.4 Å². The predicted octanol–water partition coefficient (Wildman–Crippen LogP) is 2.43. The number of nitrogens with one attached hydrogen (secondary N) is 1. The van der Waals surface area contributed by atoms with Gasteiger partial charge >= 0.3 is 29.6 Å². The molecule has 3 aromatic carbocycles. The molecule has 1 atom stereocenters. The fraction of sp³-hybridized carbons (Fsp3) is 0.259. The zero-order valence-corrected chi connectivity index (χ0v) is 25.1. The molecule has 0 fully saturated rings. The van der Waals surface area contributed by atoms with Crippen molar-refractivity contribution < 1.29 is 58.5 Å². The summed E-state index contributed by atoms with van der Waals surface area (Å²) in [5, 5.41) is 15.4. The minimum absolute atomic E-state index is 0. The molecule has 1 N–H and O–H groups in total. The van der Waals surface area contributed by atoms with Crippen LogP contribution >= 0.6 is 34.8 Å². The van der Waals surface area contributed by atoms with Gasteiger partial charge in [-0.15, -0.1) is 0 Å².